The van der Waals surface area contributed by atoms with E-state index >= 15 is 4.79 Å². The molecule has 10 rings (SSSR count). The van der Waals surface area contributed by atoms with Crippen molar-refractivity contribution in [1.29, 1.82) is 0 Å². The lowest BCUT2D eigenvalue weighted by molar-refractivity contribution is -0.136. The normalized spacial score (nSPS) is 18.4. The highest BCUT2D eigenvalue weighted by atomic mass is 32.2. The molecule has 0 spiro atoms. The van der Waals surface area contributed by atoms with E-state index in [1.807, 2.05) is 29.5 Å². The minimum absolute atomic E-state index is 0.0396. The zero-order valence-electron chi connectivity index (χ0n) is 63.5. The number of nitrogens with one attached hydrogen (secondary N) is 2. The summed E-state index contributed by atoms with van der Waals surface area (Å²) in [5.74, 6) is 2.42. The van der Waals surface area contributed by atoms with Gasteiger partial charge in [-0.3, -0.25) is 10.1 Å². The lowest BCUT2D eigenvalue weighted by Crippen LogP contribution is -2.66. The summed E-state index contributed by atoms with van der Waals surface area (Å²) >= 11 is 8.40. The molecular formula is C73H114N17O12S6+. The van der Waals surface area contributed by atoms with E-state index in [9.17, 15) is 0 Å². The predicted octanol–water partition coefficient (Wildman–Crippen LogP) is 8.48. The van der Waals surface area contributed by atoms with Gasteiger partial charge in [0.2, 0.25) is 5.91 Å². The molecule has 2 N–H and O–H groups in total. The Bertz CT molecular complexity index is 3290. The predicted molar refractivity (Wildman–Crippen MR) is 421 cm³/mol. The molecule has 0 aliphatic heterocycles. The van der Waals surface area contributed by atoms with E-state index in [1.54, 1.807) is 93.0 Å². The van der Waals surface area contributed by atoms with E-state index in [0.717, 1.165) is 98.1 Å². The molecule has 5 unspecified atom stereocenters. The summed E-state index contributed by atoms with van der Waals surface area (Å²) in [6.07, 6.45) is 38.9. The van der Waals surface area contributed by atoms with Crippen molar-refractivity contribution in [3.8, 4) is 0 Å². The standard InChI is InChI=1S/C73H113N17O12S6/c1-103-53-105-70-75-37-56(38-76-70)46-98-33-30-95-27-24-92-21-18-88-44-62(82-85-88)49-101-51-73(81-61-13-9-12-60(36-61)59-10-7-5-6-8-11-59,52-102-50-63-45-89(86-83-63)19-22-93-25-28-96-31-34-99-47-57-39-77-71(78-40-57)106-54-104-2)69(91)74-43-66-64-14-16-67-68(17-15-65(64)66)90(87-84-67)20-23-94-26-29-97-32-35-100-48-58-41-79-72(80-42-58)107-55-108(3)4/h37-42,44-45,59-61,64-66,81H,5-36,43,46-55H2,1-4H3/p+1. The molecular weight excluding hydrogens is 1500 g/mol. The molecule has 108 heavy (non-hydrogen) atoms. The molecule has 4 aliphatic carbocycles. The molecule has 3 fully saturated rings. The maximum atomic E-state index is 15.6. The van der Waals surface area contributed by atoms with Crippen LogP contribution in [0.3, 0.4) is 0 Å². The lowest BCUT2D eigenvalue weighted by atomic mass is 9.74. The summed E-state index contributed by atoms with van der Waals surface area (Å²) < 4.78 is 71.3. The Morgan fingerprint density at radius 2 is 0.944 bits per heavy atom. The van der Waals surface area contributed by atoms with Gasteiger partial charge >= 0.3 is 0 Å². The first-order chi connectivity index (χ1) is 53.2. The number of rotatable bonds is 56. The Kier molecular flexibility index (Phi) is 40.0. The Hall–Kier alpha value is -4.25. The van der Waals surface area contributed by atoms with Gasteiger partial charge in [-0.1, -0.05) is 90.5 Å². The second-order valence-electron chi connectivity index (χ2n) is 27.8. The molecule has 6 heterocycles. The number of aromatic nitrogens is 15. The van der Waals surface area contributed by atoms with Crippen molar-refractivity contribution in [2.45, 2.75) is 170 Å². The Morgan fingerprint density at radius 3 is 1.44 bits per heavy atom. The summed E-state index contributed by atoms with van der Waals surface area (Å²) in [4.78, 5) is 42.1. The molecule has 4 aliphatic rings. The van der Waals surface area contributed by atoms with Crippen LogP contribution in [-0.2, 0) is 133 Å². The van der Waals surface area contributed by atoms with Gasteiger partial charge in [0.1, 0.15) is 16.9 Å². The number of carbonyl (C=O) groups excluding carboxylic acids is 1. The summed E-state index contributed by atoms with van der Waals surface area (Å²) in [6.45, 7) is 10.6. The lowest BCUT2D eigenvalue weighted by Gasteiger charge is -2.41. The van der Waals surface area contributed by atoms with Crippen LogP contribution in [0.2, 0.25) is 0 Å². The quantitative estimate of drug-likeness (QED) is 0.00902. The first-order valence-electron chi connectivity index (χ1n) is 38.1. The molecule has 0 aromatic carbocycles. The summed E-state index contributed by atoms with van der Waals surface area (Å²) in [7, 11) is 0.335. The van der Waals surface area contributed by atoms with E-state index in [2.05, 4.69) is 96.5 Å². The van der Waals surface area contributed by atoms with Gasteiger partial charge in [0.15, 0.2) is 20.6 Å². The minimum Gasteiger partial charge on any atom is -0.377 e. The third kappa shape index (κ3) is 31.3. The summed E-state index contributed by atoms with van der Waals surface area (Å²) in [6, 6.07) is 0.0832. The Balaban J connectivity index is 0.697. The highest BCUT2D eigenvalue weighted by molar-refractivity contribution is 8.16. The fourth-order valence-electron chi connectivity index (χ4n) is 13.9. The number of hydrogen-bond donors (Lipinski definition) is 2. The highest BCUT2D eigenvalue weighted by Crippen LogP contribution is 2.52. The van der Waals surface area contributed by atoms with Crippen LogP contribution in [0.5, 0.6) is 0 Å². The fourth-order valence-corrected chi connectivity index (χ4v) is 17.8. The molecule has 6 aromatic heterocycles. The van der Waals surface area contributed by atoms with Crippen LogP contribution < -0.4 is 10.6 Å². The second-order valence-corrected chi connectivity index (χ2v) is 35.7. The molecule has 6 aromatic rings. The van der Waals surface area contributed by atoms with E-state index in [4.69, 9.17) is 52.1 Å². The van der Waals surface area contributed by atoms with Gasteiger partial charge in [0.05, 0.1) is 201 Å². The number of amides is 1. The maximum Gasteiger partial charge on any atom is 0.245 e. The largest absolute Gasteiger partial charge is 0.377 e. The van der Waals surface area contributed by atoms with Gasteiger partial charge in [-0.15, -0.1) is 15.3 Å². The Morgan fingerprint density at radius 1 is 0.491 bits per heavy atom. The van der Waals surface area contributed by atoms with Crippen molar-refractivity contribution < 1.29 is 56.9 Å². The monoisotopic (exact) mass is 1610 g/mol. The Labute approximate surface area is 661 Å². The van der Waals surface area contributed by atoms with Crippen molar-refractivity contribution >= 4 is 75.6 Å². The van der Waals surface area contributed by atoms with Crippen LogP contribution in [0, 0.1) is 29.6 Å². The van der Waals surface area contributed by atoms with Crippen molar-refractivity contribution in [3.05, 3.63) is 89.0 Å². The van der Waals surface area contributed by atoms with Crippen molar-refractivity contribution in [3.63, 3.8) is 0 Å². The topological polar surface area (TPSA) is 312 Å². The third-order valence-electron chi connectivity index (χ3n) is 19.4. The number of hydrogen-bond acceptors (Lipinski definition) is 30. The van der Waals surface area contributed by atoms with Crippen molar-refractivity contribution in [1.82, 2.24) is 85.5 Å². The number of carbonyl (C=O) groups is 1. The number of nitrogens with zero attached hydrogens (tertiary/aromatic N) is 15. The average molecular weight is 1610 g/mol. The molecule has 1 amide bonds. The van der Waals surface area contributed by atoms with Crippen LogP contribution in [-0.4, -0.2) is 252 Å². The van der Waals surface area contributed by atoms with Crippen molar-refractivity contribution in [2.75, 3.05) is 159 Å². The highest BCUT2D eigenvalue weighted by Gasteiger charge is 2.51. The zero-order valence-corrected chi connectivity index (χ0v) is 68.4. The number of ether oxygens (including phenoxy) is 11. The van der Waals surface area contributed by atoms with Gasteiger partial charge in [-0.05, 0) is 103 Å². The first kappa shape index (κ1) is 86.2. The zero-order chi connectivity index (χ0) is 74.9. The molecule has 35 heteroatoms. The summed E-state index contributed by atoms with van der Waals surface area (Å²) in [5.41, 5.74) is 5.05. The molecule has 3 saturated carbocycles. The van der Waals surface area contributed by atoms with Crippen LogP contribution >= 0.6 is 58.8 Å². The van der Waals surface area contributed by atoms with E-state index in [1.165, 1.54) is 50.6 Å². The summed E-state index contributed by atoms with van der Waals surface area (Å²) in [5, 5.41) is 39.8. The molecule has 0 saturated heterocycles. The van der Waals surface area contributed by atoms with Crippen LogP contribution in [0.25, 0.3) is 0 Å². The van der Waals surface area contributed by atoms with Gasteiger partial charge in [-0.2, -0.15) is 23.5 Å². The second kappa shape index (κ2) is 50.1. The van der Waals surface area contributed by atoms with E-state index < -0.39 is 5.54 Å². The van der Waals surface area contributed by atoms with Gasteiger partial charge in [0.25, 0.3) is 0 Å². The first-order valence-corrected chi connectivity index (χ1v) is 46.1. The van der Waals surface area contributed by atoms with Gasteiger partial charge in [-0.25, -0.2) is 43.9 Å². The number of fused-ring (bicyclic) bond motifs is 2. The molecule has 598 valence electrons. The smallest absolute Gasteiger partial charge is 0.245 e. The van der Waals surface area contributed by atoms with Crippen LogP contribution in [0.1, 0.15) is 117 Å². The molecule has 0 bridgehead atoms. The van der Waals surface area contributed by atoms with Crippen molar-refractivity contribution in [2.24, 2.45) is 29.6 Å². The average Bonchev–Trinajstić information content (AvgIpc) is 1.59. The SMILES string of the molecule is CSCSc1ncc(COCCOCCOCCn2cc(COCC(COCc3cn(CCOCCOCCOCc4cnc(SCSC)nc4)nn3)(NC3CCCC(C4CCCCCC4)C3)C(=O)NCC3C4CCc5nnn(CCOCCOCCOCc6cnc(SC[S+](C)C)nc6)c5CCC43)nn2)cn1. The minimum atomic E-state index is -1.26. The maximum absolute atomic E-state index is 15.6. The van der Waals surface area contributed by atoms with Gasteiger partial charge < -0.3 is 57.4 Å². The van der Waals surface area contributed by atoms with Crippen LogP contribution in [0.15, 0.2) is 65.0 Å². The van der Waals surface area contributed by atoms with Crippen LogP contribution in [0.4, 0.5) is 0 Å². The van der Waals surface area contributed by atoms with E-state index in [0.29, 0.717) is 197 Å². The molecule has 0 radical (unpaired) electrons. The number of thioether (sulfide) groups is 5. The number of aryl methyl sites for hydroxylation is 1. The fraction of sp³-hybridized carbons (Fsp3) is 0.740. The van der Waals surface area contributed by atoms with Gasteiger partial charge in [0, 0.05) is 76.6 Å². The molecule has 29 nitrogen and oxygen atoms in total. The molecule has 5 atom stereocenters. The van der Waals surface area contributed by atoms with E-state index in [-0.39, 0.29) is 38.4 Å². The third-order valence-corrected chi connectivity index (χ3v) is 26.0.